The van der Waals surface area contributed by atoms with Crippen LogP contribution in [0.2, 0.25) is 0 Å². The Bertz CT molecular complexity index is 595. The number of carbonyl (C=O) groups is 1. The number of aromatic nitrogens is 3. The molecule has 1 aromatic carbocycles. The number of halogens is 2. The van der Waals surface area contributed by atoms with Crippen LogP contribution in [0.4, 0.5) is 8.78 Å². The van der Waals surface area contributed by atoms with Gasteiger partial charge in [0.25, 0.3) is 0 Å². The molecule has 0 fully saturated rings. The molecule has 0 aliphatic carbocycles. The summed E-state index contributed by atoms with van der Waals surface area (Å²) in [5.41, 5.74) is 0.0173. The van der Waals surface area contributed by atoms with Gasteiger partial charge in [-0.25, -0.2) is 18.3 Å². The number of rotatable bonds is 2. The zero-order valence-corrected chi connectivity index (χ0v) is 8.69. The highest BCUT2D eigenvalue weighted by Gasteiger charge is 2.19. The van der Waals surface area contributed by atoms with Crippen LogP contribution < -0.4 is 0 Å². The first-order valence-electron chi connectivity index (χ1n) is 4.59. The van der Waals surface area contributed by atoms with Gasteiger partial charge in [0.1, 0.15) is 5.69 Å². The molecule has 1 heterocycles. The Labute approximate surface area is 94.3 Å². The second-order valence-electron chi connectivity index (χ2n) is 3.34. The van der Waals surface area contributed by atoms with Crippen LogP contribution in [-0.2, 0) is 7.05 Å². The molecule has 0 unspecified atom stereocenters. The molecule has 0 aliphatic heterocycles. The van der Waals surface area contributed by atoms with Crippen molar-refractivity contribution in [2.75, 3.05) is 0 Å². The van der Waals surface area contributed by atoms with Gasteiger partial charge in [-0.05, 0) is 18.2 Å². The number of carboxylic acid groups (broad SMARTS) is 1. The molecule has 2 aromatic rings. The Kier molecular flexibility index (Phi) is 2.58. The van der Waals surface area contributed by atoms with Crippen LogP contribution in [0, 0.1) is 11.6 Å². The van der Waals surface area contributed by atoms with Crippen LogP contribution >= 0.6 is 0 Å². The van der Waals surface area contributed by atoms with Crippen molar-refractivity contribution >= 4 is 5.97 Å². The van der Waals surface area contributed by atoms with Crippen LogP contribution in [0.25, 0.3) is 11.3 Å². The van der Waals surface area contributed by atoms with E-state index in [1.165, 1.54) is 17.8 Å². The average Bonchev–Trinajstić information content (AvgIpc) is 2.64. The van der Waals surface area contributed by atoms with Gasteiger partial charge in [-0.1, -0.05) is 5.21 Å². The van der Waals surface area contributed by atoms with Crippen molar-refractivity contribution in [3.8, 4) is 11.3 Å². The van der Waals surface area contributed by atoms with Crippen LogP contribution in [0.5, 0.6) is 0 Å². The SMILES string of the molecule is Cn1nnc(C(=O)O)c1-c1ccc(F)c(F)c1. The predicted octanol–water partition coefficient (Wildman–Crippen LogP) is 1.46. The molecule has 2 rings (SSSR count). The molecule has 0 saturated heterocycles. The lowest BCUT2D eigenvalue weighted by atomic mass is 10.1. The number of carboxylic acids is 1. The Morgan fingerprint density at radius 2 is 2.06 bits per heavy atom. The maximum atomic E-state index is 13.1. The molecule has 0 atom stereocenters. The van der Waals surface area contributed by atoms with E-state index < -0.39 is 17.6 Å². The molecule has 5 nitrogen and oxygen atoms in total. The summed E-state index contributed by atoms with van der Waals surface area (Å²) in [5.74, 6) is -3.33. The number of hydrogen-bond acceptors (Lipinski definition) is 3. The second-order valence-corrected chi connectivity index (χ2v) is 3.34. The van der Waals surface area contributed by atoms with Crippen molar-refractivity contribution in [1.82, 2.24) is 15.0 Å². The van der Waals surface area contributed by atoms with Crippen molar-refractivity contribution in [2.24, 2.45) is 7.05 Å². The lowest BCUT2D eigenvalue weighted by Crippen LogP contribution is -2.02. The van der Waals surface area contributed by atoms with E-state index >= 15 is 0 Å². The van der Waals surface area contributed by atoms with Gasteiger partial charge >= 0.3 is 5.97 Å². The average molecular weight is 239 g/mol. The molecule has 1 aromatic heterocycles. The van der Waals surface area contributed by atoms with Gasteiger partial charge in [0, 0.05) is 12.6 Å². The normalized spacial score (nSPS) is 10.5. The van der Waals surface area contributed by atoms with Gasteiger partial charge in [0.15, 0.2) is 17.3 Å². The molecule has 0 radical (unpaired) electrons. The summed E-state index contributed by atoms with van der Waals surface area (Å²) in [5, 5.41) is 15.9. The molecule has 0 amide bonds. The minimum Gasteiger partial charge on any atom is -0.476 e. The molecule has 7 heteroatoms. The zero-order chi connectivity index (χ0) is 12.6. The van der Waals surface area contributed by atoms with Crippen LogP contribution in [-0.4, -0.2) is 26.1 Å². The predicted molar refractivity (Wildman–Crippen MR) is 53.3 cm³/mol. The molecule has 0 saturated carbocycles. The minimum atomic E-state index is -1.28. The van der Waals surface area contributed by atoms with Crippen molar-refractivity contribution in [1.29, 1.82) is 0 Å². The third kappa shape index (κ3) is 1.86. The quantitative estimate of drug-likeness (QED) is 0.861. The first-order chi connectivity index (χ1) is 8.00. The fourth-order valence-corrected chi connectivity index (χ4v) is 1.47. The summed E-state index contributed by atoms with van der Waals surface area (Å²) in [6.07, 6.45) is 0. The van der Waals surface area contributed by atoms with Gasteiger partial charge in [-0.2, -0.15) is 0 Å². The highest BCUT2D eigenvalue weighted by Crippen LogP contribution is 2.23. The lowest BCUT2D eigenvalue weighted by Gasteiger charge is -2.03. The van der Waals surface area contributed by atoms with E-state index in [0.717, 1.165) is 12.1 Å². The lowest BCUT2D eigenvalue weighted by molar-refractivity contribution is 0.0691. The Morgan fingerprint density at radius 3 is 2.65 bits per heavy atom. The zero-order valence-electron chi connectivity index (χ0n) is 8.69. The van der Waals surface area contributed by atoms with E-state index in [1.807, 2.05) is 0 Å². The summed E-state index contributed by atoms with van der Waals surface area (Å²) in [4.78, 5) is 10.9. The van der Waals surface area contributed by atoms with E-state index in [9.17, 15) is 13.6 Å². The largest absolute Gasteiger partial charge is 0.476 e. The Balaban J connectivity index is 2.63. The van der Waals surface area contributed by atoms with Gasteiger partial charge in [-0.3, -0.25) is 0 Å². The maximum Gasteiger partial charge on any atom is 0.358 e. The number of aromatic carboxylic acids is 1. The number of benzene rings is 1. The first-order valence-corrected chi connectivity index (χ1v) is 4.59. The van der Waals surface area contributed by atoms with E-state index in [2.05, 4.69) is 10.3 Å². The fraction of sp³-hybridized carbons (Fsp3) is 0.100. The fourth-order valence-electron chi connectivity index (χ4n) is 1.47. The Morgan fingerprint density at radius 1 is 1.35 bits per heavy atom. The van der Waals surface area contributed by atoms with Gasteiger partial charge < -0.3 is 5.11 Å². The monoisotopic (exact) mass is 239 g/mol. The van der Waals surface area contributed by atoms with Crippen molar-refractivity contribution < 1.29 is 18.7 Å². The molecule has 0 spiro atoms. The summed E-state index contributed by atoms with van der Waals surface area (Å²) >= 11 is 0. The van der Waals surface area contributed by atoms with Crippen LogP contribution in [0.3, 0.4) is 0 Å². The molecule has 1 N–H and O–H groups in total. The topological polar surface area (TPSA) is 68.0 Å². The molecular weight excluding hydrogens is 232 g/mol. The standard InChI is InChI=1S/C10H7F2N3O2/c1-15-9(8(10(16)17)13-14-15)5-2-3-6(11)7(12)4-5/h2-4H,1H3,(H,16,17). The minimum absolute atomic E-state index is 0.122. The second kappa shape index (κ2) is 3.93. The molecule has 0 aliphatic rings. The summed E-state index contributed by atoms with van der Waals surface area (Å²) < 4.78 is 27.0. The van der Waals surface area contributed by atoms with Crippen LogP contribution in [0.1, 0.15) is 10.5 Å². The van der Waals surface area contributed by atoms with Gasteiger partial charge in [-0.15, -0.1) is 5.10 Å². The maximum absolute atomic E-state index is 13.1. The summed E-state index contributed by atoms with van der Waals surface area (Å²) in [7, 11) is 1.47. The number of hydrogen-bond donors (Lipinski definition) is 1. The third-order valence-corrected chi connectivity index (χ3v) is 2.22. The van der Waals surface area contributed by atoms with Crippen molar-refractivity contribution in [3.63, 3.8) is 0 Å². The highest BCUT2D eigenvalue weighted by atomic mass is 19.2. The Hall–Kier alpha value is -2.31. The number of aryl methyl sites for hydroxylation is 1. The van der Waals surface area contributed by atoms with Crippen LogP contribution in [0.15, 0.2) is 18.2 Å². The van der Waals surface area contributed by atoms with E-state index in [4.69, 9.17) is 5.11 Å². The third-order valence-electron chi connectivity index (χ3n) is 2.22. The molecule has 17 heavy (non-hydrogen) atoms. The highest BCUT2D eigenvalue weighted by molar-refractivity contribution is 5.92. The molecule has 88 valence electrons. The number of nitrogens with zero attached hydrogens (tertiary/aromatic N) is 3. The first kappa shape index (κ1) is 11.2. The van der Waals surface area contributed by atoms with Gasteiger partial charge in [0.2, 0.25) is 0 Å². The van der Waals surface area contributed by atoms with Crippen molar-refractivity contribution in [2.45, 2.75) is 0 Å². The van der Waals surface area contributed by atoms with E-state index in [1.54, 1.807) is 0 Å². The smallest absolute Gasteiger partial charge is 0.358 e. The van der Waals surface area contributed by atoms with E-state index in [0.29, 0.717) is 0 Å². The van der Waals surface area contributed by atoms with Crippen molar-refractivity contribution in [3.05, 3.63) is 35.5 Å². The summed E-state index contributed by atoms with van der Waals surface area (Å²) in [6.45, 7) is 0. The molecule has 0 bridgehead atoms. The van der Waals surface area contributed by atoms with Gasteiger partial charge in [0.05, 0.1) is 0 Å². The molecular formula is C10H7F2N3O2. The summed E-state index contributed by atoms with van der Waals surface area (Å²) in [6, 6.07) is 3.09. The van der Waals surface area contributed by atoms with E-state index in [-0.39, 0.29) is 17.0 Å².